The molecule has 0 unspecified atom stereocenters. The SMILES string of the molecule is CSc1ccc(COc2ccc(C(=O)O)c(C)c2)cc1. The fourth-order valence-corrected chi connectivity index (χ4v) is 2.26. The van der Waals surface area contributed by atoms with Crippen LogP contribution < -0.4 is 4.74 Å². The standard InChI is InChI=1S/C16H16O3S/c1-11-9-13(5-8-15(11)16(17)18)19-10-12-3-6-14(20-2)7-4-12/h3-9H,10H2,1-2H3,(H,17,18). The average molecular weight is 288 g/mol. The smallest absolute Gasteiger partial charge is 0.335 e. The summed E-state index contributed by atoms with van der Waals surface area (Å²) < 4.78 is 5.68. The van der Waals surface area contributed by atoms with Crippen LogP contribution in [0.25, 0.3) is 0 Å². The Balaban J connectivity index is 2.03. The molecule has 2 aromatic rings. The van der Waals surface area contributed by atoms with E-state index in [1.807, 2.05) is 18.4 Å². The zero-order valence-electron chi connectivity index (χ0n) is 11.4. The number of thioether (sulfide) groups is 1. The lowest BCUT2D eigenvalue weighted by Crippen LogP contribution is -2.01. The molecule has 0 saturated heterocycles. The van der Waals surface area contributed by atoms with Crippen molar-refractivity contribution in [3.8, 4) is 5.75 Å². The third kappa shape index (κ3) is 3.54. The van der Waals surface area contributed by atoms with Crippen LogP contribution in [0.3, 0.4) is 0 Å². The molecule has 0 saturated carbocycles. The van der Waals surface area contributed by atoms with Crippen molar-refractivity contribution < 1.29 is 14.6 Å². The number of carbonyl (C=O) groups is 1. The van der Waals surface area contributed by atoms with Gasteiger partial charge in [-0.2, -0.15) is 0 Å². The molecular formula is C16H16O3S. The number of aromatic carboxylic acids is 1. The number of hydrogen-bond donors (Lipinski definition) is 1. The Morgan fingerprint density at radius 3 is 2.45 bits per heavy atom. The molecule has 4 heteroatoms. The summed E-state index contributed by atoms with van der Waals surface area (Å²) in [6.07, 6.45) is 2.04. The van der Waals surface area contributed by atoms with Gasteiger partial charge in [0.05, 0.1) is 5.56 Å². The van der Waals surface area contributed by atoms with E-state index in [9.17, 15) is 4.79 Å². The van der Waals surface area contributed by atoms with Gasteiger partial charge in [-0.3, -0.25) is 0 Å². The van der Waals surface area contributed by atoms with Crippen LogP contribution in [0.2, 0.25) is 0 Å². The normalized spacial score (nSPS) is 10.3. The zero-order valence-corrected chi connectivity index (χ0v) is 12.2. The van der Waals surface area contributed by atoms with Crippen molar-refractivity contribution in [2.45, 2.75) is 18.4 Å². The lowest BCUT2D eigenvalue weighted by molar-refractivity contribution is 0.0696. The summed E-state index contributed by atoms with van der Waals surface area (Å²) in [5.74, 6) is -0.233. The Kier molecular flexibility index (Phi) is 4.69. The molecule has 3 nitrogen and oxygen atoms in total. The van der Waals surface area contributed by atoms with E-state index in [-0.39, 0.29) is 0 Å². The van der Waals surface area contributed by atoms with Gasteiger partial charge in [-0.1, -0.05) is 12.1 Å². The number of hydrogen-bond acceptors (Lipinski definition) is 3. The Labute approximate surface area is 122 Å². The second-order valence-electron chi connectivity index (χ2n) is 4.42. The van der Waals surface area contributed by atoms with Crippen LogP contribution >= 0.6 is 11.8 Å². The first-order valence-electron chi connectivity index (χ1n) is 6.20. The fourth-order valence-electron chi connectivity index (χ4n) is 1.85. The number of benzene rings is 2. The summed E-state index contributed by atoms with van der Waals surface area (Å²) in [5, 5.41) is 8.97. The number of carboxylic acids is 1. The molecule has 2 aromatic carbocycles. The molecule has 0 aliphatic carbocycles. The third-order valence-corrected chi connectivity index (χ3v) is 3.74. The van der Waals surface area contributed by atoms with Crippen molar-refractivity contribution in [2.24, 2.45) is 0 Å². The predicted octanol–water partition coefficient (Wildman–Crippen LogP) is 3.99. The van der Waals surface area contributed by atoms with Crippen LogP contribution in [-0.2, 0) is 6.61 Å². The maximum atomic E-state index is 10.9. The summed E-state index contributed by atoms with van der Waals surface area (Å²) in [4.78, 5) is 12.1. The van der Waals surface area contributed by atoms with Gasteiger partial charge in [-0.15, -0.1) is 11.8 Å². The molecule has 0 aromatic heterocycles. The van der Waals surface area contributed by atoms with Crippen LogP contribution in [0.4, 0.5) is 0 Å². The highest BCUT2D eigenvalue weighted by Gasteiger charge is 2.07. The molecular weight excluding hydrogens is 272 g/mol. The first-order valence-corrected chi connectivity index (χ1v) is 7.42. The first-order chi connectivity index (χ1) is 9.60. The minimum Gasteiger partial charge on any atom is -0.489 e. The highest BCUT2D eigenvalue weighted by Crippen LogP contribution is 2.20. The Bertz CT molecular complexity index is 606. The second-order valence-corrected chi connectivity index (χ2v) is 5.30. The second kappa shape index (κ2) is 6.48. The monoisotopic (exact) mass is 288 g/mol. The number of ether oxygens (including phenoxy) is 1. The van der Waals surface area contributed by atoms with E-state index >= 15 is 0 Å². The van der Waals surface area contributed by atoms with Crippen molar-refractivity contribution >= 4 is 17.7 Å². The molecule has 0 atom stereocenters. The molecule has 20 heavy (non-hydrogen) atoms. The Morgan fingerprint density at radius 2 is 1.90 bits per heavy atom. The summed E-state index contributed by atoms with van der Waals surface area (Å²) >= 11 is 1.70. The van der Waals surface area contributed by atoms with Gasteiger partial charge in [-0.05, 0) is 54.6 Å². The van der Waals surface area contributed by atoms with Crippen LogP contribution in [0.15, 0.2) is 47.4 Å². The molecule has 2 rings (SSSR count). The van der Waals surface area contributed by atoms with E-state index < -0.39 is 5.97 Å². The summed E-state index contributed by atoms with van der Waals surface area (Å²) in [6, 6.07) is 13.2. The van der Waals surface area contributed by atoms with E-state index in [0.717, 1.165) is 5.56 Å². The van der Waals surface area contributed by atoms with Crippen molar-refractivity contribution in [1.29, 1.82) is 0 Å². The number of rotatable bonds is 5. The summed E-state index contributed by atoms with van der Waals surface area (Å²) in [7, 11) is 0. The van der Waals surface area contributed by atoms with Gasteiger partial charge in [0.2, 0.25) is 0 Å². The molecule has 104 valence electrons. The molecule has 0 bridgehead atoms. The topological polar surface area (TPSA) is 46.5 Å². The van der Waals surface area contributed by atoms with Gasteiger partial charge in [0.15, 0.2) is 0 Å². The van der Waals surface area contributed by atoms with Crippen molar-refractivity contribution in [1.82, 2.24) is 0 Å². The molecule has 0 heterocycles. The van der Waals surface area contributed by atoms with Crippen LogP contribution in [0.5, 0.6) is 5.75 Å². The van der Waals surface area contributed by atoms with E-state index in [1.54, 1.807) is 36.9 Å². The summed E-state index contributed by atoms with van der Waals surface area (Å²) in [6.45, 7) is 2.24. The first kappa shape index (κ1) is 14.5. The molecule has 0 fully saturated rings. The third-order valence-electron chi connectivity index (χ3n) is 2.99. The quantitative estimate of drug-likeness (QED) is 0.845. The molecule has 0 aliphatic rings. The van der Waals surface area contributed by atoms with E-state index in [1.165, 1.54) is 4.90 Å². The van der Waals surface area contributed by atoms with Gasteiger partial charge in [0.1, 0.15) is 12.4 Å². The van der Waals surface area contributed by atoms with Crippen LogP contribution in [0.1, 0.15) is 21.5 Å². The van der Waals surface area contributed by atoms with Crippen molar-refractivity contribution in [2.75, 3.05) is 6.26 Å². The summed E-state index contributed by atoms with van der Waals surface area (Å²) in [5.41, 5.74) is 2.09. The predicted molar refractivity (Wildman–Crippen MR) is 80.7 cm³/mol. The molecule has 0 spiro atoms. The number of aryl methyl sites for hydroxylation is 1. The van der Waals surface area contributed by atoms with Crippen LogP contribution in [-0.4, -0.2) is 17.3 Å². The molecule has 0 amide bonds. The maximum Gasteiger partial charge on any atom is 0.335 e. The van der Waals surface area contributed by atoms with Crippen LogP contribution in [0, 0.1) is 6.92 Å². The Morgan fingerprint density at radius 1 is 1.20 bits per heavy atom. The van der Waals surface area contributed by atoms with E-state index in [4.69, 9.17) is 9.84 Å². The molecule has 0 aliphatic heterocycles. The van der Waals surface area contributed by atoms with Gasteiger partial charge in [-0.25, -0.2) is 4.79 Å². The average Bonchev–Trinajstić information content (AvgIpc) is 2.45. The fraction of sp³-hybridized carbons (Fsp3) is 0.188. The van der Waals surface area contributed by atoms with Gasteiger partial charge >= 0.3 is 5.97 Å². The molecule has 0 radical (unpaired) electrons. The Hall–Kier alpha value is -1.94. The number of carboxylic acid groups (broad SMARTS) is 1. The highest BCUT2D eigenvalue weighted by atomic mass is 32.2. The van der Waals surface area contributed by atoms with Gasteiger partial charge in [0, 0.05) is 4.90 Å². The largest absolute Gasteiger partial charge is 0.489 e. The minimum atomic E-state index is -0.915. The zero-order chi connectivity index (χ0) is 14.5. The van der Waals surface area contributed by atoms with E-state index in [0.29, 0.717) is 23.5 Å². The lowest BCUT2D eigenvalue weighted by atomic mass is 10.1. The lowest BCUT2D eigenvalue weighted by Gasteiger charge is -2.09. The minimum absolute atomic E-state index is 0.307. The van der Waals surface area contributed by atoms with Gasteiger partial charge < -0.3 is 9.84 Å². The highest BCUT2D eigenvalue weighted by molar-refractivity contribution is 7.98. The van der Waals surface area contributed by atoms with E-state index in [2.05, 4.69) is 12.1 Å². The van der Waals surface area contributed by atoms with Gasteiger partial charge in [0.25, 0.3) is 0 Å². The molecule has 1 N–H and O–H groups in total. The van der Waals surface area contributed by atoms with Crippen molar-refractivity contribution in [3.05, 3.63) is 59.2 Å². The van der Waals surface area contributed by atoms with Crippen molar-refractivity contribution in [3.63, 3.8) is 0 Å². The maximum absolute atomic E-state index is 10.9.